The fourth-order valence-corrected chi connectivity index (χ4v) is 9.06. The summed E-state index contributed by atoms with van der Waals surface area (Å²) in [6.07, 6.45) is 24.7. The molecule has 3 aromatic rings. The Kier molecular flexibility index (Phi) is 19.1. The van der Waals surface area contributed by atoms with E-state index in [1.807, 2.05) is 57.2 Å². The van der Waals surface area contributed by atoms with Crippen molar-refractivity contribution in [2.45, 2.75) is 150 Å². The summed E-state index contributed by atoms with van der Waals surface area (Å²) < 4.78 is 32.2. The van der Waals surface area contributed by atoms with Crippen molar-refractivity contribution in [2.24, 2.45) is 9.98 Å². The third-order valence-electron chi connectivity index (χ3n) is 10.3. The van der Waals surface area contributed by atoms with Gasteiger partial charge in [0, 0.05) is 50.2 Å². The Labute approximate surface area is 343 Å². The molecule has 0 saturated heterocycles. The van der Waals surface area contributed by atoms with E-state index in [0.717, 1.165) is 72.3 Å². The molecule has 12 heteroatoms. The first-order valence-corrected chi connectivity index (χ1v) is 24.0. The van der Waals surface area contributed by atoms with Gasteiger partial charge in [-0.25, -0.2) is 28.1 Å². The van der Waals surface area contributed by atoms with Gasteiger partial charge < -0.3 is 9.80 Å². The van der Waals surface area contributed by atoms with E-state index >= 15 is 0 Å². The maximum atomic E-state index is 13.7. The highest BCUT2D eigenvalue weighted by atomic mass is 32.2. The Balaban J connectivity index is 1.76. The van der Waals surface area contributed by atoms with E-state index in [4.69, 9.17) is 20.1 Å². The molecule has 0 radical (unpaired) electrons. The van der Waals surface area contributed by atoms with Gasteiger partial charge in [0.25, 0.3) is 5.96 Å². The molecule has 0 bridgehead atoms. The lowest BCUT2D eigenvalue weighted by Crippen LogP contribution is -2.26. The van der Waals surface area contributed by atoms with Crippen LogP contribution in [0, 0.1) is 13.8 Å². The van der Waals surface area contributed by atoms with E-state index in [9.17, 15) is 8.42 Å². The van der Waals surface area contributed by atoms with Crippen LogP contribution in [-0.4, -0.2) is 67.8 Å². The molecule has 0 atom stereocenters. The molecule has 0 fully saturated rings. The molecular weight excluding hydrogens is 737 g/mol. The van der Waals surface area contributed by atoms with Gasteiger partial charge in [0.05, 0.1) is 29.0 Å². The minimum atomic E-state index is -3.62. The predicted molar refractivity (Wildman–Crippen MR) is 242 cm³/mol. The lowest BCUT2D eigenvalue weighted by molar-refractivity contribution is 0.575. The molecule has 4 rings (SSSR count). The highest BCUT2D eigenvalue weighted by Gasteiger charge is 2.26. The molecule has 3 heterocycles. The van der Waals surface area contributed by atoms with Gasteiger partial charge in [-0.05, 0) is 57.4 Å². The average Bonchev–Trinajstić information content (AvgIpc) is 3.90. The molecule has 1 aliphatic heterocycles. The molecule has 0 unspecified atom stereocenters. The normalized spacial score (nSPS) is 13.7. The van der Waals surface area contributed by atoms with Gasteiger partial charge in [0.15, 0.2) is 0 Å². The number of thiazole rings is 1. The Hall–Kier alpha value is -3.51. The zero-order valence-corrected chi connectivity index (χ0v) is 37.2. The summed E-state index contributed by atoms with van der Waals surface area (Å²) in [5, 5.41) is 6.53. The summed E-state index contributed by atoms with van der Waals surface area (Å²) in [6.45, 7) is 12.6. The molecule has 310 valence electrons. The van der Waals surface area contributed by atoms with Crippen molar-refractivity contribution in [1.29, 1.82) is 0 Å². The summed E-state index contributed by atoms with van der Waals surface area (Å²) in [5.74, 6) is 0.529. The Morgan fingerprint density at radius 1 is 0.768 bits per heavy atom. The fraction of sp³-hybridized carbons (Fsp3) is 0.636. The zero-order valence-electron chi connectivity index (χ0n) is 35.6. The minimum Gasteiger partial charge on any atom is -0.372 e. The number of allylic oxidation sites excluding steroid dienone is 1. The maximum absolute atomic E-state index is 13.7. The number of anilines is 3. The lowest BCUT2D eigenvalue weighted by Gasteiger charge is -2.26. The average molecular weight is 807 g/mol. The van der Waals surface area contributed by atoms with Crippen LogP contribution in [-0.2, 0) is 10.0 Å². The number of aliphatic imine (C=N–C) groups is 2. The summed E-state index contributed by atoms with van der Waals surface area (Å²) >= 11 is 1.57. The molecule has 2 aromatic heterocycles. The first-order chi connectivity index (χ1) is 27.0. The third kappa shape index (κ3) is 14.5. The Morgan fingerprint density at radius 2 is 1.36 bits per heavy atom. The zero-order chi connectivity index (χ0) is 40.3. The molecule has 0 saturated carbocycles. The van der Waals surface area contributed by atoms with Crippen LogP contribution in [0.15, 0.2) is 46.1 Å². The summed E-state index contributed by atoms with van der Waals surface area (Å²) in [5.41, 5.74) is 5.33. The number of sulfonamides is 1. The topological polar surface area (TPSA) is 108 Å². The van der Waals surface area contributed by atoms with Crippen molar-refractivity contribution < 1.29 is 8.42 Å². The van der Waals surface area contributed by atoms with Crippen molar-refractivity contribution >= 4 is 55.5 Å². The molecule has 1 N–H and O–H groups in total. The minimum absolute atomic E-state index is 0.0810. The molecule has 10 nitrogen and oxygen atoms in total. The number of hydrogen-bond acceptors (Lipinski definition) is 9. The van der Waals surface area contributed by atoms with Crippen molar-refractivity contribution in [3.05, 3.63) is 58.1 Å². The first-order valence-electron chi connectivity index (χ1n) is 21.5. The monoisotopic (exact) mass is 807 g/mol. The molecule has 0 aliphatic carbocycles. The van der Waals surface area contributed by atoms with Crippen molar-refractivity contribution in [3.8, 4) is 0 Å². The number of rotatable bonds is 27. The van der Waals surface area contributed by atoms with Crippen LogP contribution in [0.1, 0.15) is 158 Å². The van der Waals surface area contributed by atoms with Gasteiger partial charge >= 0.3 is 0 Å². The SMILES string of the molecule is CCCCCCCCN(CCCCCCCC)c1ccc(NS(=O)(=O)CCCCCCCC)c(C2=NC(n3nc(C)cc3C)=NC2=Cc2ncc(N(C)C)s2)c1. The lowest BCUT2D eigenvalue weighted by atomic mass is 10.0. The Bertz CT molecular complexity index is 1820. The van der Waals surface area contributed by atoms with Crippen LogP contribution in [0.2, 0.25) is 0 Å². The summed E-state index contributed by atoms with van der Waals surface area (Å²) in [6, 6.07) is 8.17. The number of nitrogens with one attached hydrogen (secondary N) is 1. The van der Waals surface area contributed by atoms with Crippen LogP contribution < -0.4 is 14.5 Å². The molecular formula is C44H70N8O2S2. The quantitative estimate of drug-likeness (QED) is 0.0769. The molecule has 1 aliphatic rings. The van der Waals surface area contributed by atoms with Crippen LogP contribution >= 0.6 is 11.3 Å². The molecule has 0 spiro atoms. The second-order valence-electron chi connectivity index (χ2n) is 15.6. The van der Waals surface area contributed by atoms with Crippen molar-refractivity contribution in [3.63, 3.8) is 0 Å². The van der Waals surface area contributed by atoms with Crippen LogP contribution in [0.3, 0.4) is 0 Å². The van der Waals surface area contributed by atoms with E-state index in [-0.39, 0.29) is 5.75 Å². The van der Waals surface area contributed by atoms with E-state index in [1.54, 1.807) is 16.0 Å². The van der Waals surface area contributed by atoms with Crippen molar-refractivity contribution in [1.82, 2.24) is 14.8 Å². The number of unbranched alkanes of at least 4 members (excludes halogenated alkanes) is 15. The number of nitrogens with zero attached hydrogens (tertiary/aromatic N) is 7. The Morgan fingerprint density at radius 3 is 1.91 bits per heavy atom. The summed E-state index contributed by atoms with van der Waals surface area (Å²) in [7, 11) is 0.383. The van der Waals surface area contributed by atoms with Crippen LogP contribution in [0.5, 0.6) is 0 Å². The highest BCUT2D eigenvalue weighted by Crippen LogP contribution is 2.33. The van der Waals surface area contributed by atoms with Gasteiger partial charge in [-0.2, -0.15) is 5.10 Å². The number of hydrogen-bond donors (Lipinski definition) is 1. The molecule has 0 amide bonds. The fourth-order valence-electron chi connectivity index (χ4n) is 7.08. The number of aromatic nitrogens is 3. The van der Waals surface area contributed by atoms with E-state index in [2.05, 4.69) is 42.5 Å². The molecule has 1 aromatic carbocycles. The first kappa shape index (κ1) is 45.2. The predicted octanol–water partition coefficient (Wildman–Crippen LogP) is 11.4. The standard InChI is InChI=1S/C44H70N8O2S2/c1-8-11-14-17-20-23-28-51(29-24-21-18-15-12-9-2)37-26-27-39(49-56(53,54)30-25-22-19-16-13-10-3)38(32-37)43-40(33-41-45-34-42(55-41)50(6)7)46-44(47-43)52-36(5)31-35(4)48-52/h26-27,31-34,49H,8-25,28-30H2,1-7H3. The smallest absolute Gasteiger partial charge is 0.252 e. The highest BCUT2D eigenvalue weighted by molar-refractivity contribution is 7.92. The van der Waals surface area contributed by atoms with Gasteiger partial charge in [-0.1, -0.05) is 128 Å². The van der Waals surface area contributed by atoms with Crippen LogP contribution in [0.4, 0.5) is 16.4 Å². The van der Waals surface area contributed by atoms with Gasteiger partial charge in [-0.15, -0.1) is 0 Å². The van der Waals surface area contributed by atoms with Crippen LogP contribution in [0.25, 0.3) is 6.08 Å². The van der Waals surface area contributed by atoms with Gasteiger partial charge in [0.2, 0.25) is 10.0 Å². The number of benzene rings is 1. The van der Waals surface area contributed by atoms with Gasteiger partial charge in [-0.3, -0.25) is 4.72 Å². The van der Waals surface area contributed by atoms with E-state index < -0.39 is 10.0 Å². The maximum Gasteiger partial charge on any atom is 0.252 e. The largest absolute Gasteiger partial charge is 0.372 e. The third-order valence-corrected chi connectivity index (χ3v) is 12.8. The van der Waals surface area contributed by atoms with Gasteiger partial charge in [0.1, 0.15) is 15.7 Å². The summed E-state index contributed by atoms with van der Waals surface area (Å²) in [4.78, 5) is 19.4. The second kappa shape index (κ2) is 23.7. The van der Waals surface area contributed by atoms with Crippen molar-refractivity contribution in [2.75, 3.05) is 47.5 Å². The second-order valence-corrected chi connectivity index (χ2v) is 18.5. The van der Waals surface area contributed by atoms with E-state index in [0.29, 0.717) is 35.0 Å². The number of aryl methyl sites for hydroxylation is 2. The molecule has 56 heavy (non-hydrogen) atoms. The van der Waals surface area contributed by atoms with E-state index in [1.165, 1.54) is 77.0 Å².